The van der Waals surface area contributed by atoms with E-state index in [2.05, 4.69) is 21.2 Å². The smallest absolute Gasteiger partial charge is 0.340 e. The van der Waals surface area contributed by atoms with Crippen LogP contribution in [0.2, 0.25) is 5.02 Å². The van der Waals surface area contributed by atoms with E-state index in [1.54, 1.807) is 6.92 Å². The van der Waals surface area contributed by atoms with Gasteiger partial charge in [0.1, 0.15) is 11.6 Å². The molecule has 3 nitrogen and oxygen atoms in total. The molecule has 24 heavy (non-hydrogen) atoms. The second kappa shape index (κ2) is 8.26. The number of esters is 1. The van der Waals surface area contributed by atoms with Crippen molar-refractivity contribution in [3.8, 4) is 0 Å². The van der Waals surface area contributed by atoms with Crippen LogP contribution in [0.4, 0.5) is 14.5 Å². The zero-order valence-electron chi connectivity index (χ0n) is 12.6. The van der Waals surface area contributed by atoms with E-state index in [9.17, 15) is 13.6 Å². The Labute approximate surface area is 151 Å². The third-order valence-electron chi connectivity index (χ3n) is 3.03. The van der Waals surface area contributed by atoms with Crippen molar-refractivity contribution in [2.75, 3.05) is 11.9 Å². The van der Waals surface area contributed by atoms with Crippen molar-refractivity contribution in [2.45, 2.75) is 6.92 Å². The lowest BCUT2D eigenvalue weighted by atomic mass is 10.1. The molecule has 0 fully saturated rings. The van der Waals surface area contributed by atoms with Gasteiger partial charge in [0.25, 0.3) is 0 Å². The van der Waals surface area contributed by atoms with Crippen LogP contribution in [0.1, 0.15) is 12.5 Å². The topological polar surface area (TPSA) is 38.3 Å². The lowest BCUT2D eigenvalue weighted by molar-refractivity contribution is -0.136. The zero-order chi connectivity index (χ0) is 17.7. The van der Waals surface area contributed by atoms with Gasteiger partial charge in [0.05, 0.1) is 21.7 Å². The average Bonchev–Trinajstić information content (AvgIpc) is 2.53. The number of ether oxygens (including phenoxy) is 1. The number of rotatable bonds is 5. The summed E-state index contributed by atoms with van der Waals surface area (Å²) in [5, 5.41) is 2.90. The quantitative estimate of drug-likeness (QED) is 0.524. The van der Waals surface area contributed by atoms with Crippen LogP contribution in [0.3, 0.4) is 0 Å². The third-order valence-corrected chi connectivity index (χ3v) is 3.95. The molecule has 0 saturated carbocycles. The third kappa shape index (κ3) is 4.33. The predicted octanol–water partition coefficient (Wildman–Crippen LogP) is 5.40. The summed E-state index contributed by atoms with van der Waals surface area (Å²) in [7, 11) is 0. The number of anilines is 1. The molecule has 2 rings (SSSR count). The first kappa shape index (κ1) is 18.4. The first-order valence-electron chi connectivity index (χ1n) is 6.97. The maximum absolute atomic E-state index is 14.1. The van der Waals surface area contributed by atoms with Crippen LogP contribution >= 0.6 is 27.5 Å². The van der Waals surface area contributed by atoms with Crippen LogP contribution in [0, 0.1) is 11.6 Å². The number of hydrogen-bond donors (Lipinski definition) is 1. The Morgan fingerprint density at radius 3 is 2.67 bits per heavy atom. The minimum Gasteiger partial charge on any atom is -0.462 e. The summed E-state index contributed by atoms with van der Waals surface area (Å²) in [5.41, 5.74) is 0.365. The average molecular weight is 417 g/mol. The summed E-state index contributed by atoms with van der Waals surface area (Å²) in [6, 6.07) is 8.32. The molecule has 1 N–H and O–H groups in total. The molecule has 0 heterocycles. The second-order valence-corrected chi connectivity index (χ2v) is 5.91. The van der Waals surface area contributed by atoms with Gasteiger partial charge in [-0.2, -0.15) is 0 Å². The van der Waals surface area contributed by atoms with Gasteiger partial charge in [-0.15, -0.1) is 0 Å². The summed E-state index contributed by atoms with van der Waals surface area (Å²) in [5.74, 6) is -1.80. The lowest BCUT2D eigenvalue weighted by Crippen LogP contribution is -2.10. The van der Waals surface area contributed by atoms with E-state index in [0.29, 0.717) is 5.69 Å². The van der Waals surface area contributed by atoms with Crippen LogP contribution < -0.4 is 5.32 Å². The van der Waals surface area contributed by atoms with Gasteiger partial charge < -0.3 is 10.1 Å². The molecule has 7 heteroatoms. The molecule has 0 amide bonds. The first-order valence-corrected chi connectivity index (χ1v) is 8.14. The minimum atomic E-state index is -0.724. The summed E-state index contributed by atoms with van der Waals surface area (Å²) < 4.78 is 32.6. The van der Waals surface area contributed by atoms with Gasteiger partial charge in [-0.3, -0.25) is 0 Å². The van der Waals surface area contributed by atoms with Gasteiger partial charge in [0.2, 0.25) is 0 Å². The molecule has 0 saturated heterocycles. The molecule has 0 aliphatic rings. The van der Waals surface area contributed by atoms with Crippen molar-refractivity contribution in [1.29, 1.82) is 0 Å². The van der Waals surface area contributed by atoms with E-state index < -0.39 is 17.6 Å². The molecule has 0 aromatic heterocycles. The fraction of sp³-hybridized carbons (Fsp3) is 0.118. The molecule has 0 unspecified atom stereocenters. The highest BCUT2D eigenvalue weighted by atomic mass is 79.9. The molecule has 126 valence electrons. The van der Waals surface area contributed by atoms with Crippen molar-refractivity contribution in [2.24, 2.45) is 0 Å². The molecule has 0 aliphatic heterocycles. The maximum Gasteiger partial charge on any atom is 0.340 e. The molecule has 2 aromatic carbocycles. The highest BCUT2D eigenvalue weighted by molar-refractivity contribution is 9.10. The molecular formula is C17H13BrClF2NO2. The van der Waals surface area contributed by atoms with E-state index >= 15 is 0 Å². The summed E-state index contributed by atoms with van der Waals surface area (Å²) in [6.45, 7) is 1.77. The fourth-order valence-electron chi connectivity index (χ4n) is 1.94. The number of benzene rings is 2. The number of carbonyl (C=O) groups excluding carboxylic acids is 1. The lowest BCUT2D eigenvalue weighted by Gasteiger charge is -2.11. The fourth-order valence-corrected chi connectivity index (χ4v) is 2.58. The van der Waals surface area contributed by atoms with E-state index in [1.165, 1.54) is 42.6 Å². The predicted molar refractivity (Wildman–Crippen MR) is 93.7 cm³/mol. The highest BCUT2D eigenvalue weighted by Crippen LogP contribution is 2.28. The van der Waals surface area contributed by atoms with Gasteiger partial charge in [0.15, 0.2) is 0 Å². The molecule has 2 aromatic rings. The molecular weight excluding hydrogens is 404 g/mol. The zero-order valence-corrected chi connectivity index (χ0v) is 14.9. The Morgan fingerprint density at radius 1 is 1.29 bits per heavy atom. The SMILES string of the molecule is CCOC(=O)C(=CNc1ccc(F)c(Br)c1)c1c(F)cccc1Cl. The normalized spacial score (nSPS) is 11.3. The van der Waals surface area contributed by atoms with Crippen molar-refractivity contribution < 1.29 is 18.3 Å². The molecule has 0 radical (unpaired) electrons. The molecule has 0 bridgehead atoms. The number of carbonyl (C=O) groups is 1. The van der Waals surface area contributed by atoms with Gasteiger partial charge in [-0.25, -0.2) is 13.6 Å². The number of halogens is 4. The Morgan fingerprint density at radius 2 is 2.04 bits per heavy atom. The molecule has 0 spiro atoms. The van der Waals surface area contributed by atoms with Crippen molar-refractivity contribution >= 4 is 44.8 Å². The summed E-state index contributed by atoms with van der Waals surface area (Å²) >= 11 is 9.09. The number of nitrogens with one attached hydrogen (secondary N) is 1. The van der Waals surface area contributed by atoms with E-state index in [1.807, 2.05) is 0 Å². The standard InChI is InChI=1S/C17H13BrClF2NO2/c1-2-24-17(23)11(16-13(19)4-3-5-15(16)21)9-22-10-6-7-14(20)12(18)8-10/h3-9,22H,2H2,1H3. The Bertz CT molecular complexity index is 776. The summed E-state index contributed by atoms with van der Waals surface area (Å²) in [4.78, 5) is 12.2. The largest absolute Gasteiger partial charge is 0.462 e. The van der Waals surface area contributed by atoms with Crippen LogP contribution in [-0.2, 0) is 9.53 Å². The molecule has 0 aliphatic carbocycles. The van der Waals surface area contributed by atoms with Gasteiger partial charge in [-0.1, -0.05) is 17.7 Å². The monoisotopic (exact) mass is 415 g/mol. The van der Waals surface area contributed by atoms with Gasteiger partial charge in [0, 0.05) is 17.5 Å². The van der Waals surface area contributed by atoms with E-state index in [0.717, 1.165) is 0 Å². The Hall–Kier alpha value is -1.92. The molecule has 0 atom stereocenters. The van der Waals surface area contributed by atoms with Crippen LogP contribution in [-0.4, -0.2) is 12.6 Å². The minimum absolute atomic E-state index is 0.0636. The maximum atomic E-state index is 14.1. The van der Waals surface area contributed by atoms with Gasteiger partial charge in [-0.05, 0) is 53.2 Å². The van der Waals surface area contributed by atoms with Gasteiger partial charge >= 0.3 is 5.97 Å². The van der Waals surface area contributed by atoms with Crippen molar-refractivity contribution in [3.63, 3.8) is 0 Å². The van der Waals surface area contributed by atoms with Crippen LogP contribution in [0.15, 0.2) is 47.1 Å². The number of hydrogen-bond acceptors (Lipinski definition) is 3. The first-order chi connectivity index (χ1) is 11.4. The van der Waals surface area contributed by atoms with Crippen molar-refractivity contribution in [3.05, 3.63) is 69.3 Å². The van der Waals surface area contributed by atoms with Crippen molar-refractivity contribution in [1.82, 2.24) is 0 Å². The van der Waals surface area contributed by atoms with Crippen LogP contribution in [0.5, 0.6) is 0 Å². The Balaban J connectivity index is 2.42. The highest BCUT2D eigenvalue weighted by Gasteiger charge is 2.20. The van der Waals surface area contributed by atoms with Crippen LogP contribution in [0.25, 0.3) is 5.57 Å². The summed E-state index contributed by atoms with van der Waals surface area (Å²) in [6.07, 6.45) is 1.28. The van der Waals surface area contributed by atoms with E-state index in [-0.39, 0.29) is 27.2 Å². The second-order valence-electron chi connectivity index (χ2n) is 4.65. The van der Waals surface area contributed by atoms with E-state index in [4.69, 9.17) is 16.3 Å². The Kier molecular flexibility index (Phi) is 6.34.